The molecule has 4 nitrogen and oxygen atoms in total. The molecule has 0 unspecified atom stereocenters. The van der Waals surface area contributed by atoms with E-state index in [1.54, 1.807) is 20.2 Å². The van der Waals surface area contributed by atoms with E-state index in [1.807, 2.05) is 12.1 Å². The van der Waals surface area contributed by atoms with Crippen LogP contribution in [0.3, 0.4) is 0 Å². The molecule has 17 heavy (non-hydrogen) atoms. The van der Waals surface area contributed by atoms with Crippen LogP contribution in [0.25, 0.3) is 0 Å². The van der Waals surface area contributed by atoms with Crippen LogP contribution in [0.15, 0.2) is 18.2 Å². The Balaban J connectivity index is 2.44. The third-order valence-electron chi connectivity index (χ3n) is 2.31. The Morgan fingerprint density at radius 2 is 2.24 bits per heavy atom. The average Bonchev–Trinajstić information content (AvgIpc) is 2.31. The molecule has 0 aliphatic rings. The van der Waals surface area contributed by atoms with Gasteiger partial charge in [0.15, 0.2) is 0 Å². The SMILES string of the molecule is CNCC(=O)NCCc1ccc(OC)cc1Cl. The van der Waals surface area contributed by atoms with Gasteiger partial charge >= 0.3 is 0 Å². The predicted molar refractivity (Wildman–Crippen MR) is 68.6 cm³/mol. The number of amides is 1. The lowest BCUT2D eigenvalue weighted by molar-refractivity contribution is -0.120. The maximum atomic E-state index is 11.2. The number of hydrogen-bond donors (Lipinski definition) is 2. The summed E-state index contributed by atoms with van der Waals surface area (Å²) in [6, 6.07) is 5.54. The third-order valence-corrected chi connectivity index (χ3v) is 2.67. The minimum atomic E-state index is -0.0165. The van der Waals surface area contributed by atoms with Crippen molar-refractivity contribution in [2.24, 2.45) is 0 Å². The van der Waals surface area contributed by atoms with Crippen molar-refractivity contribution in [3.8, 4) is 5.75 Å². The van der Waals surface area contributed by atoms with Gasteiger partial charge in [-0.3, -0.25) is 4.79 Å². The quantitative estimate of drug-likeness (QED) is 0.805. The number of hydrogen-bond acceptors (Lipinski definition) is 3. The minimum absolute atomic E-state index is 0.0165. The molecule has 1 aromatic rings. The van der Waals surface area contributed by atoms with Crippen LogP contribution in [0, 0.1) is 0 Å². The predicted octanol–water partition coefficient (Wildman–Crippen LogP) is 1.23. The summed E-state index contributed by atoms with van der Waals surface area (Å²) in [5.74, 6) is 0.718. The number of benzene rings is 1. The highest BCUT2D eigenvalue weighted by atomic mass is 35.5. The van der Waals surface area contributed by atoms with Gasteiger partial charge in [-0.1, -0.05) is 17.7 Å². The molecule has 0 spiro atoms. The monoisotopic (exact) mass is 256 g/mol. The van der Waals surface area contributed by atoms with Gasteiger partial charge in [0.25, 0.3) is 0 Å². The van der Waals surface area contributed by atoms with Crippen LogP contribution >= 0.6 is 11.6 Å². The van der Waals surface area contributed by atoms with E-state index in [0.29, 0.717) is 24.5 Å². The number of rotatable bonds is 6. The molecule has 0 saturated carbocycles. The Kier molecular flexibility index (Phi) is 5.80. The van der Waals surface area contributed by atoms with Crippen LogP contribution in [-0.2, 0) is 11.2 Å². The molecule has 0 fully saturated rings. The van der Waals surface area contributed by atoms with Crippen molar-refractivity contribution in [2.75, 3.05) is 27.2 Å². The fraction of sp³-hybridized carbons (Fsp3) is 0.417. The van der Waals surface area contributed by atoms with Crippen LogP contribution in [0.1, 0.15) is 5.56 Å². The molecule has 5 heteroatoms. The van der Waals surface area contributed by atoms with E-state index in [9.17, 15) is 4.79 Å². The smallest absolute Gasteiger partial charge is 0.233 e. The zero-order valence-corrected chi connectivity index (χ0v) is 10.8. The molecule has 0 radical (unpaired) electrons. The van der Waals surface area contributed by atoms with E-state index in [4.69, 9.17) is 16.3 Å². The molecule has 0 aromatic heterocycles. The highest BCUT2D eigenvalue weighted by molar-refractivity contribution is 6.31. The standard InChI is InChI=1S/C12H17ClN2O2/c1-14-8-12(16)15-6-5-9-3-4-10(17-2)7-11(9)13/h3-4,7,14H,5-6,8H2,1-2H3,(H,15,16). The van der Waals surface area contributed by atoms with Gasteiger partial charge in [0.05, 0.1) is 13.7 Å². The number of halogens is 1. The second-order valence-corrected chi connectivity index (χ2v) is 3.99. The Bertz CT molecular complexity index is 383. The Morgan fingerprint density at radius 1 is 1.47 bits per heavy atom. The highest BCUT2D eigenvalue weighted by Gasteiger charge is 2.03. The molecule has 0 aliphatic heterocycles. The highest BCUT2D eigenvalue weighted by Crippen LogP contribution is 2.22. The molecule has 0 atom stereocenters. The molecule has 1 amide bonds. The van der Waals surface area contributed by atoms with Gasteiger partial charge in [-0.05, 0) is 31.2 Å². The van der Waals surface area contributed by atoms with E-state index >= 15 is 0 Å². The first-order valence-electron chi connectivity index (χ1n) is 5.41. The van der Waals surface area contributed by atoms with Crippen molar-refractivity contribution in [3.05, 3.63) is 28.8 Å². The molecule has 1 rings (SSSR count). The number of methoxy groups -OCH3 is 1. The lowest BCUT2D eigenvalue weighted by Gasteiger charge is -2.08. The lowest BCUT2D eigenvalue weighted by Crippen LogP contribution is -2.33. The molecule has 0 bridgehead atoms. The summed E-state index contributed by atoms with van der Waals surface area (Å²) >= 11 is 6.08. The second-order valence-electron chi connectivity index (χ2n) is 3.59. The minimum Gasteiger partial charge on any atom is -0.497 e. The summed E-state index contributed by atoms with van der Waals surface area (Å²) in [7, 11) is 3.34. The molecular weight excluding hydrogens is 240 g/mol. The molecule has 1 aromatic carbocycles. The van der Waals surface area contributed by atoms with Crippen molar-refractivity contribution < 1.29 is 9.53 Å². The van der Waals surface area contributed by atoms with E-state index in [-0.39, 0.29) is 5.91 Å². The summed E-state index contributed by atoms with van der Waals surface area (Å²) in [5, 5.41) is 6.24. The molecule has 0 heterocycles. The van der Waals surface area contributed by atoms with Crippen molar-refractivity contribution in [1.29, 1.82) is 0 Å². The van der Waals surface area contributed by atoms with E-state index in [2.05, 4.69) is 10.6 Å². The fourth-order valence-corrected chi connectivity index (χ4v) is 1.68. The number of carbonyl (C=O) groups is 1. The summed E-state index contributed by atoms with van der Waals surface area (Å²) < 4.78 is 5.06. The zero-order chi connectivity index (χ0) is 12.7. The van der Waals surface area contributed by atoms with Gasteiger partial charge in [-0.25, -0.2) is 0 Å². The average molecular weight is 257 g/mol. The first kappa shape index (κ1) is 13.8. The second kappa shape index (κ2) is 7.14. The molecule has 0 saturated heterocycles. The van der Waals surface area contributed by atoms with Gasteiger partial charge in [0.2, 0.25) is 5.91 Å². The van der Waals surface area contributed by atoms with Gasteiger partial charge in [-0.2, -0.15) is 0 Å². The summed E-state index contributed by atoms with van der Waals surface area (Å²) in [6.07, 6.45) is 0.707. The van der Waals surface area contributed by atoms with Crippen LogP contribution in [0.4, 0.5) is 0 Å². The van der Waals surface area contributed by atoms with E-state index in [1.165, 1.54) is 0 Å². The van der Waals surface area contributed by atoms with Crippen molar-refractivity contribution in [1.82, 2.24) is 10.6 Å². The zero-order valence-electron chi connectivity index (χ0n) is 10.0. The van der Waals surface area contributed by atoms with Gasteiger partial charge in [-0.15, -0.1) is 0 Å². The number of carbonyl (C=O) groups excluding carboxylic acids is 1. The van der Waals surface area contributed by atoms with Crippen molar-refractivity contribution >= 4 is 17.5 Å². The first-order chi connectivity index (χ1) is 8.17. The summed E-state index contributed by atoms with van der Waals surface area (Å²) in [4.78, 5) is 11.2. The summed E-state index contributed by atoms with van der Waals surface area (Å²) in [6.45, 7) is 0.906. The van der Waals surface area contributed by atoms with E-state index in [0.717, 1.165) is 11.3 Å². The molecule has 2 N–H and O–H groups in total. The maximum absolute atomic E-state index is 11.2. The van der Waals surface area contributed by atoms with Crippen LogP contribution < -0.4 is 15.4 Å². The number of nitrogens with one attached hydrogen (secondary N) is 2. The largest absolute Gasteiger partial charge is 0.497 e. The fourth-order valence-electron chi connectivity index (χ4n) is 1.42. The topological polar surface area (TPSA) is 50.4 Å². The van der Waals surface area contributed by atoms with Crippen molar-refractivity contribution in [2.45, 2.75) is 6.42 Å². The molecular formula is C12H17ClN2O2. The Hall–Kier alpha value is -1.26. The third kappa shape index (κ3) is 4.63. The van der Waals surface area contributed by atoms with Gasteiger partial charge in [0.1, 0.15) is 5.75 Å². The summed E-state index contributed by atoms with van der Waals surface area (Å²) in [5.41, 5.74) is 0.997. The first-order valence-corrected chi connectivity index (χ1v) is 5.79. The van der Waals surface area contributed by atoms with Crippen LogP contribution in [0.2, 0.25) is 5.02 Å². The maximum Gasteiger partial charge on any atom is 0.233 e. The lowest BCUT2D eigenvalue weighted by atomic mass is 10.1. The van der Waals surface area contributed by atoms with Crippen LogP contribution in [0.5, 0.6) is 5.75 Å². The molecule has 0 aliphatic carbocycles. The normalized spacial score (nSPS) is 10.1. The van der Waals surface area contributed by atoms with Crippen molar-refractivity contribution in [3.63, 3.8) is 0 Å². The van der Waals surface area contributed by atoms with Crippen LogP contribution in [-0.4, -0.2) is 33.2 Å². The van der Waals surface area contributed by atoms with E-state index < -0.39 is 0 Å². The van der Waals surface area contributed by atoms with Gasteiger partial charge < -0.3 is 15.4 Å². The number of likely N-dealkylation sites (N-methyl/N-ethyl adjacent to an activating group) is 1. The molecule has 94 valence electrons. The number of ether oxygens (including phenoxy) is 1. The van der Waals surface area contributed by atoms with Gasteiger partial charge in [0, 0.05) is 11.6 Å². The Morgan fingerprint density at radius 3 is 2.82 bits per heavy atom. The Labute approximate surface area is 106 Å².